The first-order valence-corrected chi connectivity index (χ1v) is 11.4. The van der Waals surface area contributed by atoms with E-state index in [9.17, 15) is 14.3 Å². The summed E-state index contributed by atoms with van der Waals surface area (Å²) in [6.07, 6.45) is 8.24. The Morgan fingerprint density at radius 2 is 2.06 bits per heavy atom. The molecule has 0 aromatic carbocycles. The smallest absolute Gasteiger partial charge is 0.405 e. The van der Waals surface area contributed by atoms with Gasteiger partial charge in [-0.1, -0.05) is 0 Å². The molecule has 2 fully saturated rings. The van der Waals surface area contributed by atoms with Crippen molar-refractivity contribution in [2.24, 2.45) is 0 Å². The van der Waals surface area contributed by atoms with E-state index < -0.39 is 6.09 Å². The highest BCUT2D eigenvalue weighted by Crippen LogP contribution is 2.37. The summed E-state index contributed by atoms with van der Waals surface area (Å²) in [6.45, 7) is 2.67. The summed E-state index contributed by atoms with van der Waals surface area (Å²) < 4.78 is 21.0. The highest BCUT2D eigenvalue weighted by atomic mass is 19.1. The minimum atomic E-state index is -0.556. The number of hydrogen-bond acceptors (Lipinski definition) is 7. The Bertz CT molecular complexity index is 1160. The van der Waals surface area contributed by atoms with Crippen molar-refractivity contribution in [3.63, 3.8) is 0 Å². The van der Waals surface area contributed by atoms with Crippen molar-refractivity contribution in [3.05, 3.63) is 47.8 Å². The molecule has 1 aliphatic heterocycles. The van der Waals surface area contributed by atoms with Crippen LogP contribution >= 0.6 is 0 Å². The number of aromatic nitrogens is 4. The van der Waals surface area contributed by atoms with Crippen molar-refractivity contribution in [1.29, 1.82) is 0 Å². The lowest BCUT2D eigenvalue weighted by molar-refractivity contribution is 0.115. The first-order chi connectivity index (χ1) is 16.0. The maximum atomic E-state index is 13.9. The van der Waals surface area contributed by atoms with Gasteiger partial charge in [0.25, 0.3) is 0 Å². The van der Waals surface area contributed by atoms with Gasteiger partial charge in [0.15, 0.2) is 5.75 Å². The normalized spacial score (nSPS) is 23.1. The van der Waals surface area contributed by atoms with Gasteiger partial charge in [-0.3, -0.25) is 4.98 Å². The second kappa shape index (κ2) is 8.93. The van der Waals surface area contributed by atoms with Crippen LogP contribution in [0.5, 0.6) is 5.75 Å². The highest BCUT2D eigenvalue weighted by molar-refractivity contribution is 5.73. The van der Waals surface area contributed by atoms with Crippen LogP contribution in [-0.2, 0) is 0 Å². The molecule has 0 spiro atoms. The molecule has 0 unspecified atom stereocenters. The summed E-state index contributed by atoms with van der Waals surface area (Å²) in [6, 6.07) is 3.36. The molecule has 10 heteroatoms. The fourth-order valence-electron chi connectivity index (χ4n) is 4.81. The lowest BCUT2D eigenvalue weighted by Gasteiger charge is -2.27. The Kier molecular flexibility index (Phi) is 5.84. The number of ether oxygens (including phenoxy) is 1. The Hall–Kier alpha value is -3.27. The molecule has 1 atom stereocenters. The molecule has 33 heavy (non-hydrogen) atoms. The number of carbonyl (C=O) groups excluding carboxylic acids is 1. The summed E-state index contributed by atoms with van der Waals surface area (Å²) in [5.74, 6) is 0.626. The van der Waals surface area contributed by atoms with E-state index in [2.05, 4.69) is 20.3 Å². The summed E-state index contributed by atoms with van der Waals surface area (Å²) in [7, 11) is 0. The van der Waals surface area contributed by atoms with Gasteiger partial charge >= 0.3 is 6.09 Å². The fourth-order valence-corrected chi connectivity index (χ4v) is 4.81. The largest absolute Gasteiger partial charge is 0.413 e. The number of rotatable bonds is 4. The van der Waals surface area contributed by atoms with E-state index in [4.69, 9.17) is 9.72 Å². The second-order valence-electron chi connectivity index (χ2n) is 8.78. The molecule has 3 aromatic rings. The van der Waals surface area contributed by atoms with E-state index in [1.54, 1.807) is 16.8 Å². The fraction of sp³-hybridized carbons (Fsp3) is 0.478. The number of nitrogens with one attached hydrogen (secondary N) is 1. The number of carbonyl (C=O) groups is 1. The molecule has 5 rings (SSSR count). The third-order valence-corrected chi connectivity index (χ3v) is 6.54. The topological polar surface area (TPSA) is 105 Å². The third-order valence-electron chi connectivity index (χ3n) is 6.54. The van der Waals surface area contributed by atoms with Crippen LogP contribution in [0.1, 0.15) is 55.8 Å². The number of nitrogens with zero attached hydrogens (tertiary/aromatic N) is 5. The molecular weight excluding hydrogens is 427 g/mol. The number of amides is 1. The van der Waals surface area contributed by atoms with Crippen molar-refractivity contribution >= 4 is 17.6 Å². The van der Waals surface area contributed by atoms with E-state index in [-0.39, 0.29) is 29.8 Å². The molecule has 1 amide bonds. The second-order valence-corrected chi connectivity index (χ2v) is 8.78. The van der Waals surface area contributed by atoms with Gasteiger partial charge in [-0.05, 0) is 63.1 Å². The van der Waals surface area contributed by atoms with Crippen LogP contribution in [0.3, 0.4) is 0 Å². The van der Waals surface area contributed by atoms with E-state index in [0.717, 1.165) is 43.5 Å². The van der Waals surface area contributed by atoms with Crippen molar-refractivity contribution in [2.75, 3.05) is 11.4 Å². The molecular formula is C23H27FN6O3. The van der Waals surface area contributed by atoms with Crippen LogP contribution in [0.15, 0.2) is 30.7 Å². The lowest BCUT2D eigenvalue weighted by Crippen LogP contribution is -2.40. The van der Waals surface area contributed by atoms with Crippen LogP contribution in [-0.4, -0.2) is 49.5 Å². The number of anilines is 1. The number of aryl methyl sites for hydroxylation is 1. The van der Waals surface area contributed by atoms with E-state index >= 15 is 0 Å². The third kappa shape index (κ3) is 4.47. The first kappa shape index (κ1) is 21.6. The van der Waals surface area contributed by atoms with Crippen molar-refractivity contribution < 1.29 is 19.0 Å². The zero-order valence-corrected chi connectivity index (χ0v) is 18.4. The van der Waals surface area contributed by atoms with Crippen molar-refractivity contribution in [3.8, 4) is 5.75 Å². The van der Waals surface area contributed by atoms with Crippen LogP contribution < -0.4 is 15.0 Å². The van der Waals surface area contributed by atoms with Crippen LogP contribution in [0.25, 0.3) is 5.65 Å². The molecule has 2 N–H and O–H groups in total. The van der Waals surface area contributed by atoms with E-state index in [1.165, 1.54) is 12.4 Å². The molecule has 0 radical (unpaired) electrons. The maximum Gasteiger partial charge on any atom is 0.413 e. The van der Waals surface area contributed by atoms with Gasteiger partial charge in [0, 0.05) is 24.5 Å². The predicted molar refractivity (Wildman–Crippen MR) is 119 cm³/mol. The van der Waals surface area contributed by atoms with Gasteiger partial charge < -0.3 is 20.1 Å². The minimum absolute atomic E-state index is 0.0141. The average Bonchev–Trinajstić information content (AvgIpc) is 3.44. The Balaban J connectivity index is 1.35. The van der Waals surface area contributed by atoms with Gasteiger partial charge in [0.2, 0.25) is 5.65 Å². The van der Waals surface area contributed by atoms with Gasteiger partial charge in [0.1, 0.15) is 11.6 Å². The molecule has 2 aliphatic rings. The number of aliphatic hydroxyl groups is 1. The van der Waals surface area contributed by atoms with E-state index in [1.807, 2.05) is 13.0 Å². The Morgan fingerprint density at radius 3 is 2.88 bits per heavy atom. The highest BCUT2D eigenvalue weighted by Gasteiger charge is 2.30. The van der Waals surface area contributed by atoms with Crippen molar-refractivity contribution in [2.45, 2.75) is 63.6 Å². The SMILES string of the molecule is Cc1ncc(F)cc1[C@H]1CCCN1c1ccn2ncc(OC(=O)N[C@H]3CC[C@H](O)CC3)c2n1. The summed E-state index contributed by atoms with van der Waals surface area (Å²) >= 11 is 0. The molecule has 1 aliphatic carbocycles. The molecule has 9 nitrogen and oxygen atoms in total. The summed E-state index contributed by atoms with van der Waals surface area (Å²) in [5.41, 5.74) is 2.09. The monoisotopic (exact) mass is 454 g/mol. The molecule has 3 aromatic heterocycles. The number of hydrogen-bond donors (Lipinski definition) is 2. The molecule has 1 saturated carbocycles. The first-order valence-electron chi connectivity index (χ1n) is 11.4. The Morgan fingerprint density at radius 1 is 1.24 bits per heavy atom. The zero-order valence-electron chi connectivity index (χ0n) is 18.4. The average molecular weight is 455 g/mol. The van der Waals surface area contributed by atoms with Gasteiger partial charge in [-0.25, -0.2) is 18.7 Å². The predicted octanol–water partition coefficient (Wildman–Crippen LogP) is 3.31. The summed E-state index contributed by atoms with van der Waals surface area (Å²) in [5, 5.41) is 16.7. The van der Waals surface area contributed by atoms with Gasteiger partial charge in [-0.2, -0.15) is 5.10 Å². The lowest BCUT2D eigenvalue weighted by atomic mass is 9.93. The number of fused-ring (bicyclic) bond motifs is 1. The standard InChI is InChI=1S/C23H27FN6O3/c1-14-18(11-15(24)12-25-14)19-3-2-9-29(19)21-8-10-30-22(28-21)20(13-26-30)33-23(32)27-16-4-6-17(31)7-5-16/h8,10-13,16-17,19,31H,2-7,9H2,1H3,(H,27,32)/t16-,17-,19-/m1/s1. The molecule has 1 saturated heterocycles. The summed E-state index contributed by atoms with van der Waals surface area (Å²) in [4.78, 5) is 23.5. The van der Waals surface area contributed by atoms with Crippen LogP contribution in [0.2, 0.25) is 0 Å². The molecule has 4 heterocycles. The number of pyridine rings is 1. The minimum Gasteiger partial charge on any atom is -0.405 e. The molecule has 174 valence electrons. The number of aliphatic hydroxyl groups excluding tert-OH is 1. The quantitative estimate of drug-likeness (QED) is 0.623. The van der Waals surface area contributed by atoms with Gasteiger partial charge in [0.05, 0.1) is 24.5 Å². The maximum absolute atomic E-state index is 13.9. The van der Waals surface area contributed by atoms with Crippen LogP contribution in [0, 0.1) is 12.7 Å². The Labute approximate surface area is 190 Å². The number of halogens is 1. The zero-order chi connectivity index (χ0) is 22.9. The van der Waals surface area contributed by atoms with E-state index in [0.29, 0.717) is 24.3 Å². The molecule has 0 bridgehead atoms. The van der Waals surface area contributed by atoms with Gasteiger partial charge in [-0.15, -0.1) is 0 Å². The van der Waals surface area contributed by atoms with Crippen LogP contribution in [0.4, 0.5) is 15.0 Å². The van der Waals surface area contributed by atoms with Crippen molar-refractivity contribution in [1.82, 2.24) is 24.9 Å².